The smallest absolute Gasteiger partial charge is 0.354 e. The lowest BCUT2D eigenvalue weighted by Crippen LogP contribution is -2.07. The maximum Gasteiger partial charge on any atom is 0.354 e. The number of pyridine rings is 1. The van der Waals surface area contributed by atoms with Gasteiger partial charge < -0.3 is 14.8 Å². The molecule has 2 aromatic heterocycles. The number of methoxy groups -OCH3 is 1. The summed E-state index contributed by atoms with van der Waals surface area (Å²) in [5.74, 6) is -1.05. The second kappa shape index (κ2) is 5.46. The highest BCUT2D eigenvalue weighted by Crippen LogP contribution is 2.33. The Morgan fingerprint density at radius 3 is 2.86 bits per heavy atom. The van der Waals surface area contributed by atoms with Crippen molar-refractivity contribution in [2.75, 3.05) is 7.11 Å². The Labute approximate surface area is 129 Å². The van der Waals surface area contributed by atoms with E-state index in [1.165, 1.54) is 0 Å². The van der Waals surface area contributed by atoms with Crippen LogP contribution >= 0.6 is 15.9 Å². The molecule has 1 aromatic carbocycles. The van der Waals surface area contributed by atoms with Gasteiger partial charge in [0.1, 0.15) is 0 Å². The van der Waals surface area contributed by atoms with E-state index in [-0.39, 0.29) is 12.3 Å². The van der Waals surface area contributed by atoms with Crippen LogP contribution in [0, 0.1) is 0 Å². The van der Waals surface area contributed by atoms with Crippen LogP contribution in [0.25, 0.3) is 21.8 Å². The molecular formula is C15H13BrN2O3. The minimum atomic E-state index is -1.05. The molecule has 0 aliphatic carbocycles. The number of benzene rings is 1. The van der Waals surface area contributed by atoms with Crippen LogP contribution in [0.5, 0.6) is 0 Å². The highest BCUT2D eigenvalue weighted by Gasteiger charge is 2.19. The Balaban J connectivity index is 2.49. The predicted molar refractivity (Wildman–Crippen MR) is 83.9 cm³/mol. The van der Waals surface area contributed by atoms with E-state index in [0.29, 0.717) is 10.9 Å². The highest BCUT2D eigenvalue weighted by atomic mass is 79.9. The first-order chi connectivity index (χ1) is 10.2. The summed E-state index contributed by atoms with van der Waals surface area (Å²) in [5.41, 5.74) is 3.51. The lowest BCUT2D eigenvalue weighted by Gasteiger charge is -2.07. The quantitative estimate of drug-likeness (QED) is 0.708. The van der Waals surface area contributed by atoms with E-state index < -0.39 is 5.97 Å². The molecule has 5 nitrogen and oxygen atoms in total. The average molecular weight is 349 g/mol. The number of hydrogen-bond acceptors (Lipinski definition) is 3. The summed E-state index contributed by atoms with van der Waals surface area (Å²) in [5, 5.41) is 11.9. The largest absolute Gasteiger partial charge is 0.477 e. The molecule has 21 heavy (non-hydrogen) atoms. The molecule has 0 fully saturated rings. The van der Waals surface area contributed by atoms with E-state index in [4.69, 9.17) is 4.74 Å². The zero-order valence-corrected chi connectivity index (χ0v) is 12.9. The molecule has 2 heterocycles. The van der Waals surface area contributed by atoms with Crippen molar-refractivity contribution in [3.8, 4) is 0 Å². The first-order valence-corrected chi connectivity index (χ1v) is 7.48. The monoisotopic (exact) mass is 348 g/mol. The molecule has 0 atom stereocenters. The second-order valence-electron chi connectivity index (χ2n) is 4.71. The van der Waals surface area contributed by atoms with Crippen molar-refractivity contribution in [1.29, 1.82) is 0 Å². The molecule has 0 unspecified atom stereocenters. The summed E-state index contributed by atoms with van der Waals surface area (Å²) in [7, 11) is 1.55. The molecule has 0 bridgehead atoms. The second-order valence-corrected chi connectivity index (χ2v) is 5.27. The van der Waals surface area contributed by atoms with Gasteiger partial charge in [0.2, 0.25) is 0 Å². The number of carboxylic acids is 1. The number of carbonyl (C=O) groups is 1. The van der Waals surface area contributed by atoms with Gasteiger partial charge in [0.25, 0.3) is 0 Å². The number of carboxylic acid groups (broad SMARTS) is 1. The van der Waals surface area contributed by atoms with E-state index in [9.17, 15) is 9.90 Å². The topological polar surface area (TPSA) is 75.2 Å². The molecule has 3 aromatic rings. The number of nitrogens with one attached hydrogen (secondary N) is 1. The number of rotatable bonds is 4. The third-order valence-electron chi connectivity index (χ3n) is 3.49. The Morgan fingerprint density at radius 1 is 1.38 bits per heavy atom. The van der Waals surface area contributed by atoms with Gasteiger partial charge in [-0.25, -0.2) is 9.78 Å². The molecule has 0 spiro atoms. The summed E-state index contributed by atoms with van der Waals surface area (Å²) in [6, 6.07) is 5.95. The number of halogens is 1. The van der Waals surface area contributed by atoms with E-state index >= 15 is 0 Å². The summed E-state index contributed by atoms with van der Waals surface area (Å²) in [4.78, 5) is 18.8. The third kappa shape index (κ3) is 2.20. The molecular weight excluding hydrogens is 336 g/mol. The molecule has 3 rings (SSSR count). The number of aromatic amines is 1. The molecule has 0 amide bonds. The maximum atomic E-state index is 11.4. The van der Waals surface area contributed by atoms with E-state index in [1.54, 1.807) is 13.3 Å². The van der Waals surface area contributed by atoms with Crippen LogP contribution in [-0.2, 0) is 16.7 Å². The fourth-order valence-electron chi connectivity index (χ4n) is 2.66. The van der Waals surface area contributed by atoms with Crippen LogP contribution in [0.1, 0.15) is 21.6 Å². The first-order valence-electron chi connectivity index (χ1n) is 6.36. The Kier molecular flexibility index (Phi) is 3.65. The maximum absolute atomic E-state index is 11.4. The predicted octanol–water partition coefficient (Wildman–Crippen LogP) is 3.46. The van der Waals surface area contributed by atoms with Crippen LogP contribution in [0.4, 0.5) is 0 Å². The van der Waals surface area contributed by atoms with Crippen LogP contribution in [-0.4, -0.2) is 28.2 Å². The minimum Gasteiger partial charge on any atom is -0.477 e. The van der Waals surface area contributed by atoms with Gasteiger partial charge in [0, 0.05) is 34.3 Å². The lowest BCUT2D eigenvalue weighted by atomic mass is 10.0. The number of aromatic carboxylic acids is 1. The fraction of sp³-hybridized carbons (Fsp3) is 0.200. The van der Waals surface area contributed by atoms with Gasteiger partial charge in [-0.15, -0.1) is 0 Å². The van der Waals surface area contributed by atoms with Gasteiger partial charge in [-0.2, -0.15) is 0 Å². The molecule has 0 saturated carbocycles. The summed E-state index contributed by atoms with van der Waals surface area (Å²) < 4.78 is 5.19. The summed E-state index contributed by atoms with van der Waals surface area (Å²) in [6.45, 7) is 0.204. The number of ether oxygens (including phenoxy) is 1. The molecule has 0 radical (unpaired) electrons. The summed E-state index contributed by atoms with van der Waals surface area (Å²) >= 11 is 3.48. The standard InChI is InChI=1S/C15H13BrN2O3/c1-21-7-9-13-11(6-17-14(9)15(19)20)18-10-4-2-3-8(5-16)12(10)13/h2-4,6,18H,5,7H2,1H3,(H,19,20). The zero-order valence-electron chi connectivity index (χ0n) is 11.3. The highest BCUT2D eigenvalue weighted by molar-refractivity contribution is 9.08. The van der Waals surface area contributed by atoms with Gasteiger partial charge in [0.05, 0.1) is 18.3 Å². The zero-order chi connectivity index (χ0) is 15.0. The van der Waals surface area contributed by atoms with Crippen LogP contribution in [0.15, 0.2) is 24.4 Å². The number of H-pyrrole nitrogens is 1. The van der Waals surface area contributed by atoms with Gasteiger partial charge in [-0.05, 0) is 11.6 Å². The van der Waals surface area contributed by atoms with Crippen molar-refractivity contribution in [2.24, 2.45) is 0 Å². The van der Waals surface area contributed by atoms with Crippen molar-refractivity contribution >= 4 is 43.7 Å². The van der Waals surface area contributed by atoms with Crippen LogP contribution in [0.3, 0.4) is 0 Å². The van der Waals surface area contributed by atoms with Crippen molar-refractivity contribution in [2.45, 2.75) is 11.9 Å². The van der Waals surface area contributed by atoms with E-state index in [2.05, 4.69) is 25.9 Å². The SMILES string of the molecule is COCc1c(C(=O)O)ncc2[nH]c3cccc(CBr)c3c12. The number of hydrogen-bond donors (Lipinski definition) is 2. The normalized spacial score (nSPS) is 11.3. The number of fused-ring (bicyclic) bond motifs is 3. The van der Waals surface area contributed by atoms with Gasteiger partial charge >= 0.3 is 5.97 Å². The van der Waals surface area contributed by atoms with Crippen molar-refractivity contribution in [3.63, 3.8) is 0 Å². The minimum absolute atomic E-state index is 0.0367. The van der Waals surface area contributed by atoms with Crippen LogP contribution in [0.2, 0.25) is 0 Å². The molecule has 0 aliphatic heterocycles. The third-order valence-corrected chi connectivity index (χ3v) is 4.09. The molecule has 2 N–H and O–H groups in total. The van der Waals surface area contributed by atoms with Crippen molar-refractivity contribution in [3.05, 3.63) is 41.2 Å². The van der Waals surface area contributed by atoms with Crippen LogP contribution < -0.4 is 0 Å². The lowest BCUT2D eigenvalue weighted by molar-refractivity contribution is 0.0685. The molecule has 0 saturated heterocycles. The summed E-state index contributed by atoms with van der Waals surface area (Å²) in [6.07, 6.45) is 1.57. The van der Waals surface area contributed by atoms with Crippen molar-refractivity contribution in [1.82, 2.24) is 9.97 Å². The van der Waals surface area contributed by atoms with E-state index in [1.807, 2.05) is 18.2 Å². The number of aromatic nitrogens is 2. The Morgan fingerprint density at radius 2 is 2.19 bits per heavy atom. The number of nitrogens with zero attached hydrogens (tertiary/aromatic N) is 1. The Bertz CT molecular complexity index is 842. The fourth-order valence-corrected chi connectivity index (χ4v) is 3.13. The first kappa shape index (κ1) is 14.0. The average Bonchev–Trinajstić information content (AvgIpc) is 2.86. The molecule has 0 aliphatic rings. The van der Waals surface area contributed by atoms with Gasteiger partial charge in [0.15, 0.2) is 5.69 Å². The van der Waals surface area contributed by atoms with Crippen molar-refractivity contribution < 1.29 is 14.6 Å². The Hall–Kier alpha value is -1.92. The van der Waals surface area contributed by atoms with E-state index in [0.717, 1.165) is 27.4 Å². The molecule has 108 valence electrons. The number of alkyl halides is 1. The van der Waals surface area contributed by atoms with Gasteiger partial charge in [-0.1, -0.05) is 28.1 Å². The molecule has 6 heteroatoms. The van der Waals surface area contributed by atoms with Gasteiger partial charge in [-0.3, -0.25) is 0 Å².